The van der Waals surface area contributed by atoms with Gasteiger partial charge in [-0.25, -0.2) is 9.98 Å². The molecule has 0 aliphatic carbocycles. The van der Waals surface area contributed by atoms with Gasteiger partial charge in [0, 0.05) is 24.5 Å². The van der Waals surface area contributed by atoms with Crippen LogP contribution < -0.4 is 5.32 Å². The monoisotopic (exact) mass is 372 g/mol. The summed E-state index contributed by atoms with van der Waals surface area (Å²) in [5, 5.41) is 3.68. The summed E-state index contributed by atoms with van der Waals surface area (Å²) < 4.78 is 0. The van der Waals surface area contributed by atoms with Crippen molar-refractivity contribution in [1.82, 2.24) is 9.88 Å². The van der Waals surface area contributed by atoms with Gasteiger partial charge < -0.3 is 10.2 Å². The molecule has 0 radical (unpaired) electrons. The number of pyridine rings is 1. The van der Waals surface area contributed by atoms with Gasteiger partial charge in [-0.2, -0.15) is 0 Å². The Morgan fingerprint density at radius 3 is 2.80 bits per heavy atom. The first kappa shape index (κ1) is 17.5. The number of fused-ring (bicyclic) bond motifs is 1. The third kappa shape index (κ3) is 3.86. The quantitative estimate of drug-likeness (QED) is 0.867. The molecule has 0 spiro atoms. The molecule has 1 aromatic heterocycles. The van der Waals surface area contributed by atoms with Crippen LogP contribution in [0.1, 0.15) is 12.5 Å². The van der Waals surface area contributed by atoms with Crippen molar-refractivity contribution in [3.63, 3.8) is 0 Å². The zero-order valence-electron chi connectivity index (χ0n) is 13.9. The molecule has 1 aliphatic heterocycles. The summed E-state index contributed by atoms with van der Waals surface area (Å²) in [5.74, 6) is 0.316. The van der Waals surface area contributed by atoms with Gasteiger partial charge in [0.2, 0.25) is 5.91 Å². The lowest BCUT2D eigenvalue weighted by Crippen LogP contribution is -2.30. The molecule has 0 fully saturated rings. The van der Waals surface area contributed by atoms with Crippen molar-refractivity contribution >= 4 is 51.6 Å². The molecule has 128 valence electrons. The molecule has 0 saturated heterocycles. The maximum absolute atomic E-state index is 12.4. The van der Waals surface area contributed by atoms with Crippen LogP contribution in [0.25, 0.3) is 5.70 Å². The second kappa shape index (κ2) is 7.29. The number of nitrogens with zero attached hydrogens (tertiary/aromatic N) is 3. The Labute approximate surface area is 155 Å². The second-order valence-electron chi connectivity index (χ2n) is 5.53. The van der Waals surface area contributed by atoms with Gasteiger partial charge in [-0.3, -0.25) is 4.79 Å². The fourth-order valence-electron chi connectivity index (χ4n) is 2.28. The maximum Gasteiger partial charge on any atom is 0.238 e. The highest BCUT2D eigenvalue weighted by atomic mass is 35.5. The van der Waals surface area contributed by atoms with E-state index in [0.29, 0.717) is 10.8 Å². The zero-order valence-corrected chi connectivity index (χ0v) is 15.4. The molecule has 0 bridgehead atoms. The number of hydrogen-bond acceptors (Lipinski definition) is 5. The number of para-hydroxylation sites is 1. The first-order valence-corrected chi connectivity index (χ1v) is 8.91. The van der Waals surface area contributed by atoms with Crippen LogP contribution in [0.4, 0.5) is 11.5 Å². The number of benzene rings is 1. The molecular formula is C18H17ClN4OS. The molecular weight excluding hydrogens is 356 g/mol. The van der Waals surface area contributed by atoms with Crippen molar-refractivity contribution in [1.29, 1.82) is 0 Å². The summed E-state index contributed by atoms with van der Waals surface area (Å²) in [6.45, 7) is 5.95. The van der Waals surface area contributed by atoms with Crippen molar-refractivity contribution in [3.05, 3.63) is 59.8 Å². The lowest BCUT2D eigenvalue weighted by Gasteiger charge is -2.29. The summed E-state index contributed by atoms with van der Waals surface area (Å²) in [5.41, 5.74) is 2.72. The lowest BCUT2D eigenvalue weighted by molar-refractivity contribution is -0.115. The van der Waals surface area contributed by atoms with Crippen LogP contribution in [-0.4, -0.2) is 33.3 Å². The van der Waals surface area contributed by atoms with E-state index in [0.717, 1.165) is 22.1 Å². The minimum absolute atomic E-state index is 0.152. The summed E-state index contributed by atoms with van der Waals surface area (Å²) in [4.78, 5) is 23.0. The highest BCUT2D eigenvalue weighted by molar-refractivity contribution is 8.14. The molecule has 0 unspecified atom stereocenters. The number of aromatic nitrogens is 1. The van der Waals surface area contributed by atoms with E-state index in [1.165, 1.54) is 18.0 Å². The molecule has 25 heavy (non-hydrogen) atoms. The van der Waals surface area contributed by atoms with E-state index in [-0.39, 0.29) is 11.2 Å². The maximum atomic E-state index is 12.4. The molecule has 0 saturated carbocycles. The molecule has 3 rings (SSSR count). The van der Waals surface area contributed by atoms with E-state index in [1.54, 1.807) is 12.1 Å². The summed E-state index contributed by atoms with van der Waals surface area (Å²) in [6, 6.07) is 11.2. The fraction of sp³-hybridized carbons (Fsp3) is 0.167. The first-order chi connectivity index (χ1) is 12.0. The van der Waals surface area contributed by atoms with Crippen molar-refractivity contribution in [2.45, 2.75) is 12.2 Å². The predicted molar refractivity (Wildman–Crippen MR) is 105 cm³/mol. The largest absolute Gasteiger partial charge is 0.324 e. The van der Waals surface area contributed by atoms with Gasteiger partial charge in [-0.15, -0.1) is 0 Å². The van der Waals surface area contributed by atoms with Crippen molar-refractivity contribution < 1.29 is 4.79 Å². The Bertz CT molecular complexity index is 850. The van der Waals surface area contributed by atoms with E-state index in [2.05, 4.69) is 21.9 Å². The van der Waals surface area contributed by atoms with Crippen LogP contribution in [0.15, 0.2) is 54.2 Å². The second-order valence-corrected chi connectivity index (χ2v) is 7.27. The molecule has 2 heterocycles. The van der Waals surface area contributed by atoms with Crippen LogP contribution in [0, 0.1) is 0 Å². The molecule has 7 heteroatoms. The number of amides is 1. The van der Waals surface area contributed by atoms with Crippen LogP contribution >= 0.6 is 23.4 Å². The third-order valence-corrected chi connectivity index (χ3v) is 5.12. The SMILES string of the molecule is C=C1c2ccccc2N=C(S[C@H](C)C(=O)Nc2ccc(Cl)cn2)N1C. The van der Waals surface area contributed by atoms with Gasteiger partial charge in [-0.1, -0.05) is 48.1 Å². The van der Waals surface area contributed by atoms with Crippen molar-refractivity contribution in [2.24, 2.45) is 4.99 Å². The highest BCUT2D eigenvalue weighted by Crippen LogP contribution is 2.35. The number of thioether (sulfide) groups is 1. The number of aliphatic imine (C=N–C) groups is 1. The van der Waals surface area contributed by atoms with Crippen LogP contribution in [0.3, 0.4) is 0 Å². The Morgan fingerprint density at radius 1 is 1.32 bits per heavy atom. The van der Waals surface area contributed by atoms with Gasteiger partial charge in [0.15, 0.2) is 5.17 Å². The fourth-order valence-corrected chi connectivity index (χ4v) is 3.30. The van der Waals surface area contributed by atoms with Gasteiger partial charge in [0.05, 0.1) is 16.0 Å². The van der Waals surface area contributed by atoms with Crippen molar-refractivity contribution in [2.75, 3.05) is 12.4 Å². The smallest absolute Gasteiger partial charge is 0.238 e. The molecule has 1 amide bonds. The minimum atomic E-state index is -0.350. The van der Waals surface area contributed by atoms with E-state index < -0.39 is 0 Å². The Hall–Kier alpha value is -2.31. The van der Waals surface area contributed by atoms with Gasteiger partial charge in [0.25, 0.3) is 0 Å². The summed E-state index contributed by atoms with van der Waals surface area (Å²) in [6.07, 6.45) is 1.49. The number of nitrogens with one attached hydrogen (secondary N) is 1. The average molecular weight is 373 g/mol. The third-order valence-electron chi connectivity index (χ3n) is 3.75. The normalized spacial score (nSPS) is 14.6. The van der Waals surface area contributed by atoms with Crippen molar-refractivity contribution in [3.8, 4) is 0 Å². The summed E-state index contributed by atoms with van der Waals surface area (Å²) in [7, 11) is 1.90. The summed E-state index contributed by atoms with van der Waals surface area (Å²) >= 11 is 7.18. The van der Waals surface area contributed by atoms with Crippen LogP contribution in [-0.2, 0) is 4.79 Å². The Morgan fingerprint density at radius 2 is 2.08 bits per heavy atom. The van der Waals surface area contributed by atoms with E-state index >= 15 is 0 Å². The predicted octanol–water partition coefficient (Wildman–Crippen LogP) is 4.40. The number of anilines is 1. The number of halogens is 1. The number of carbonyl (C=O) groups excluding carboxylic acids is 1. The number of hydrogen-bond donors (Lipinski definition) is 1. The topological polar surface area (TPSA) is 57.6 Å². The van der Waals surface area contributed by atoms with Gasteiger partial charge in [0.1, 0.15) is 5.82 Å². The molecule has 1 atom stereocenters. The lowest BCUT2D eigenvalue weighted by atomic mass is 10.1. The zero-order chi connectivity index (χ0) is 18.0. The number of rotatable bonds is 3. The number of amidine groups is 1. The standard InChI is InChI=1S/C18H17ClN4OS/c1-11-14-6-4-5-7-15(14)21-18(23(11)3)25-12(2)17(24)22-16-9-8-13(19)10-20-16/h4-10,12H,1H2,2-3H3,(H,20,22,24)/t12-/m1/s1. The van der Waals surface area contributed by atoms with Gasteiger partial charge >= 0.3 is 0 Å². The molecule has 5 nitrogen and oxygen atoms in total. The van der Waals surface area contributed by atoms with Crippen LogP contribution in [0.5, 0.6) is 0 Å². The van der Waals surface area contributed by atoms with E-state index in [4.69, 9.17) is 11.6 Å². The Kier molecular flexibility index (Phi) is 5.11. The molecule has 2 aromatic rings. The first-order valence-electron chi connectivity index (χ1n) is 7.65. The molecule has 1 aromatic carbocycles. The van der Waals surface area contributed by atoms with E-state index in [9.17, 15) is 4.79 Å². The molecule has 1 N–H and O–H groups in total. The van der Waals surface area contributed by atoms with Gasteiger partial charge in [-0.05, 0) is 25.1 Å². The average Bonchev–Trinajstić information content (AvgIpc) is 2.61. The van der Waals surface area contributed by atoms with E-state index in [1.807, 2.05) is 43.1 Å². The highest BCUT2D eigenvalue weighted by Gasteiger charge is 2.25. The Balaban J connectivity index is 1.73. The van der Waals surface area contributed by atoms with Crippen LogP contribution in [0.2, 0.25) is 5.02 Å². The molecule has 1 aliphatic rings. The number of carbonyl (C=O) groups is 1. The minimum Gasteiger partial charge on any atom is -0.324 e.